The molecule has 1 saturated carbocycles. The second-order valence-corrected chi connectivity index (χ2v) is 10.5. The van der Waals surface area contributed by atoms with Gasteiger partial charge in [0, 0.05) is 12.6 Å². The number of amides is 1. The summed E-state index contributed by atoms with van der Waals surface area (Å²) in [6.07, 6.45) is 0.176. The Morgan fingerprint density at radius 2 is 1.86 bits per heavy atom. The van der Waals surface area contributed by atoms with Crippen LogP contribution < -0.4 is 5.32 Å². The van der Waals surface area contributed by atoms with Gasteiger partial charge in [0.1, 0.15) is 40.7 Å². The molecule has 2 heterocycles. The molecule has 1 aromatic carbocycles. The van der Waals surface area contributed by atoms with Crippen LogP contribution in [0.3, 0.4) is 0 Å². The molecular weight excluding hydrogens is 517 g/mol. The molecule has 2 fully saturated rings. The van der Waals surface area contributed by atoms with Gasteiger partial charge in [-0.1, -0.05) is 24.5 Å². The Hall–Kier alpha value is -2.23. The Morgan fingerprint density at radius 3 is 2.46 bits per heavy atom. The number of aliphatic hydroxyl groups is 4. The number of aliphatic hydroxyl groups excluding tert-OH is 3. The van der Waals surface area contributed by atoms with Gasteiger partial charge in [-0.05, 0) is 25.0 Å². The van der Waals surface area contributed by atoms with Crippen LogP contribution in [0.15, 0.2) is 18.3 Å². The molecule has 0 bridgehead atoms. The average molecular weight is 547 g/mol. The molecule has 1 saturated heterocycles. The van der Waals surface area contributed by atoms with Gasteiger partial charge in [-0.15, -0.1) is 16.9 Å². The quantitative estimate of drug-likeness (QED) is 0.319. The zero-order chi connectivity index (χ0) is 26.9. The molecule has 1 amide bonds. The standard InChI is InChI=1S/C23H29F3N4O6S/c1-27-21(34)20(23(35)5-3-2-4-6-23)37-22-19(33)17(18(32)15(10-31)36-22)30-9-14(28-29-30)11-7-12(24)16(26)13(25)8-11/h7-9,15,17-20,22,31-33,35H,2-6,10H2,1H3,(H,27,34)/t15-,17+,18+,19-,20?,22+/m1/s1. The lowest BCUT2D eigenvalue weighted by Crippen LogP contribution is -2.57. The summed E-state index contributed by atoms with van der Waals surface area (Å²) in [5, 5.41) is 52.3. The van der Waals surface area contributed by atoms with Gasteiger partial charge in [0.15, 0.2) is 17.5 Å². The number of hydrogen-bond donors (Lipinski definition) is 5. The van der Waals surface area contributed by atoms with Crippen molar-refractivity contribution in [2.75, 3.05) is 13.7 Å². The van der Waals surface area contributed by atoms with E-state index in [1.807, 2.05) is 0 Å². The van der Waals surface area contributed by atoms with E-state index in [1.165, 1.54) is 13.2 Å². The van der Waals surface area contributed by atoms with E-state index in [1.54, 1.807) is 0 Å². The van der Waals surface area contributed by atoms with E-state index in [0.29, 0.717) is 12.8 Å². The summed E-state index contributed by atoms with van der Waals surface area (Å²) in [4.78, 5) is 12.8. The Labute approximate surface area is 214 Å². The summed E-state index contributed by atoms with van der Waals surface area (Å²) in [6, 6.07) is 0.223. The monoisotopic (exact) mass is 546 g/mol. The van der Waals surface area contributed by atoms with Crippen molar-refractivity contribution in [3.63, 3.8) is 0 Å². The lowest BCUT2D eigenvalue weighted by atomic mass is 9.82. The van der Waals surface area contributed by atoms with Gasteiger partial charge in [-0.3, -0.25) is 4.79 Å². The molecule has 2 aromatic rings. The molecule has 1 aliphatic carbocycles. The lowest BCUT2D eigenvalue weighted by Gasteiger charge is -2.45. The van der Waals surface area contributed by atoms with Crippen molar-refractivity contribution < 1.29 is 43.1 Å². The highest BCUT2D eigenvalue weighted by atomic mass is 32.2. The van der Waals surface area contributed by atoms with Crippen LogP contribution in [-0.2, 0) is 9.53 Å². The summed E-state index contributed by atoms with van der Waals surface area (Å²) < 4.78 is 47.6. The Kier molecular flexibility index (Phi) is 8.45. The number of thioether (sulfide) groups is 1. The zero-order valence-corrected chi connectivity index (χ0v) is 20.7. The molecule has 204 valence electrons. The maximum atomic E-state index is 13.7. The van der Waals surface area contributed by atoms with Crippen molar-refractivity contribution in [3.05, 3.63) is 35.8 Å². The first-order valence-electron chi connectivity index (χ1n) is 11.9. The van der Waals surface area contributed by atoms with Crippen molar-refractivity contribution in [3.8, 4) is 11.3 Å². The third-order valence-corrected chi connectivity index (χ3v) is 8.49. The minimum Gasteiger partial charge on any atom is -0.394 e. The first kappa shape index (κ1) is 27.8. The maximum Gasteiger partial charge on any atom is 0.235 e. The van der Waals surface area contributed by atoms with Crippen molar-refractivity contribution in [2.24, 2.45) is 0 Å². The van der Waals surface area contributed by atoms with Crippen LogP contribution in [0.5, 0.6) is 0 Å². The average Bonchev–Trinajstić information content (AvgIpc) is 3.36. The number of rotatable bonds is 7. The second kappa shape index (κ2) is 11.3. The highest BCUT2D eigenvalue weighted by Crippen LogP contribution is 2.43. The molecule has 0 radical (unpaired) electrons. The normalized spacial score (nSPS) is 28.6. The van der Waals surface area contributed by atoms with Gasteiger partial charge in [-0.25, -0.2) is 17.9 Å². The Morgan fingerprint density at radius 1 is 1.22 bits per heavy atom. The molecule has 14 heteroatoms. The highest BCUT2D eigenvalue weighted by Gasteiger charge is 2.50. The number of benzene rings is 1. The number of nitrogens with one attached hydrogen (secondary N) is 1. The summed E-state index contributed by atoms with van der Waals surface area (Å²) in [5.74, 6) is -4.94. The zero-order valence-electron chi connectivity index (χ0n) is 19.9. The smallest absolute Gasteiger partial charge is 0.235 e. The van der Waals surface area contributed by atoms with E-state index in [2.05, 4.69) is 15.6 Å². The molecule has 1 unspecified atom stereocenters. The van der Waals surface area contributed by atoms with Crippen molar-refractivity contribution in [2.45, 2.75) is 72.7 Å². The van der Waals surface area contributed by atoms with E-state index in [9.17, 15) is 38.4 Å². The van der Waals surface area contributed by atoms with Crippen LogP contribution in [0.25, 0.3) is 11.3 Å². The first-order valence-corrected chi connectivity index (χ1v) is 12.8. The van der Waals surface area contributed by atoms with Crippen LogP contribution in [-0.4, -0.2) is 89.6 Å². The Balaban J connectivity index is 1.63. The van der Waals surface area contributed by atoms with Crippen LogP contribution >= 0.6 is 11.8 Å². The molecule has 1 aliphatic heterocycles. The predicted octanol–water partition coefficient (Wildman–Crippen LogP) is 0.885. The number of carbonyl (C=O) groups is 1. The minimum absolute atomic E-state index is 0.0619. The van der Waals surface area contributed by atoms with Crippen LogP contribution in [0, 0.1) is 17.5 Å². The number of nitrogens with zero attached hydrogens (tertiary/aromatic N) is 3. The summed E-state index contributed by atoms with van der Waals surface area (Å²) in [7, 11) is 1.43. The third-order valence-electron chi connectivity index (χ3n) is 6.91. The molecule has 4 rings (SSSR count). The number of aromatic nitrogens is 3. The summed E-state index contributed by atoms with van der Waals surface area (Å²) in [6.45, 7) is -0.633. The van der Waals surface area contributed by atoms with Crippen molar-refractivity contribution >= 4 is 17.7 Å². The van der Waals surface area contributed by atoms with Crippen LogP contribution in [0.4, 0.5) is 13.2 Å². The third kappa shape index (κ3) is 5.49. The number of carbonyl (C=O) groups excluding carboxylic acids is 1. The SMILES string of the molecule is CNC(=O)C(S[C@@H]1O[C@H](CO)[C@H](O)[C@H](n2cc(-c3cc(F)c(F)c(F)c3)nn2)[C@H]1O)C1(O)CCCCC1. The number of hydrogen-bond acceptors (Lipinski definition) is 9. The molecular formula is C23H29F3N4O6S. The van der Waals surface area contributed by atoms with Crippen molar-refractivity contribution in [1.82, 2.24) is 20.3 Å². The first-order chi connectivity index (χ1) is 17.6. The second-order valence-electron chi connectivity index (χ2n) is 9.33. The lowest BCUT2D eigenvalue weighted by molar-refractivity contribution is -0.179. The van der Waals surface area contributed by atoms with Gasteiger partial charge < -0.3 is 30.5 Å². The van der Waals surface area contributed by atoms with Crippen LogP contribution in [0.1, 0.15) is 38.1 Å². The van der Waals surface area contributed by atoms with Crippen molar-refractivity contribution in [1.29, 1.82) is 0 Å². The fraction of sp³-hybridized carbons (Fsp3) is 0.609. The van der Waals surface area contributed by atoms with Gasteiger partial charge in [-0.2, -0.15) is 0 Å². The van der Waals surface area contributed by atoms with Gasteiger partial charge >= 0.3 is 0 Å². The molecule has 5 N–H and O–H groups in total. The molecule has 2 aliphatic rings. The number of halogens is 3. The van der Waals surface area contributed by atoms with Gasteiger partial charge in [0.25, 0.3) is 0 Å². The number of ether oxygens (including phenoxy) is 1. The van der Waals surface area contributed by atoms with Gasteiger partial charge in [0.05, 0.1) is 18.4 Å². The topological polar surface area (TPSA) is 150 Å². The minimum atomic E-state index is -1.64. The highest BCUT2D eigenvalue weighted by molar-refractivity contribution is 8.01. The van der Waals surface area contributed by atoms with Gasteiger partial charge in [0.2, 0.25) is 5.91 Å². The van der Waals surface area contributed by atoms with Crippen LogP contribution in [0.2, 0.25) is 0 Å². The fourth-order valence-electron chi connectivity index (χ4n) is 4.87. The summed E-state index contributed by atoms with van der Waals surface area (Å²) in [5.41, 5.74) is -2.70. The van der Waals surface area contributed by atoms with E-state index in [-0.39, 0.29) is 11.3 Å². The van der Waals surface area contributed by atoms with E-state index < -0.39 is 70.6 Å². The largest absolute Gasteiger partial charge is 0.394 e. The molecule has 0 spiro atoms. The molecule has 10 nitrogen and oxygen atoms in total. The van der Waals surface area contributed by atoms with E-state index >= 15 is 0 Å². The summed E-state index contributed by atoms with van der Waals surface area (Å²) >= 11 is 0.881. The maximum absolute atomic E-state index is 13.7. The fourth-order valence-corrected chi connectivity index (χ4v) is 6.40. The van der Waals surface area contributed by atoms with E-state index in [0.717, 1.165) is 47.8 Å². The molecule has 6 atom stereocenters. The van der Waals surface area contributed by atoms with E-state index in [4.69, 9.17) is 4.74 Å². The molecule has 1 aromatic heterocycles. The molecule has 37 heavy (non-hydrogen) atoms. The predicted molar refractivity (Wildman–Crippen MR) is 126 cm³/mol. The Bertz CT molecular complexity index is 1090.